The fourth-order valence-corrected chi connectivity index (χ4v) is 3.70. The van der Waals surface area contributed by atoms with Crippen LogP contribution < -0.4 is 9.47 Å². The van der Waals surface area contributed by atoms with Gasteiger partial charge in [-0.2, -0.15) is 0 Å². The van der Waals surface area contributed by atoms with E-state index >= 15 is 0 Å². The van der Waals surface area contributed by atoms with E-state index in [2.05, 4.69) is 29.0 Å². The van der Waals surface area contributed by atoms with E-state index in [-0.39, 0.29) is 0 Å². The smallest absolute Gasteiger partial charge is 0.124 e. The maximum atomic E-state index is 10.5. The highest BCUT2D eigenvalue weighted by Gasteiger charge is 2.14. The number of aliphatic hydroxyl groups excluding tert-OH is 1. The van der Waals surface area contributed by atoms with Crippen LogP contribution in [0.3, 0.4) is 0 Å². The van der Waals surface area contributed by atoms with Gasteiger partial charge in [-0.15, -0.1) is 0 Å². The second-order valence-electron chi connectivity index (χ2n) is 7.79. The molecule has 0 aromatic heterocycles. The second kappa shape index (κ2) is 11.2. The van der Waals surface area contributed by atoms with Crippen LogP contribution in [0.15, 0.2) is 48.5 Å². The molecule has 0 radical (unpaired) electrons. The summed E-state index contributed by atoms with van der Waals surface area (Å²) < 4.78 is 11.2. The van der Waals surface area contributed by atoms with Crippen molar-refractivity contribution in [1.29, 1.82) is 0 Å². The van der Waals surface area contributed by atoms with Gasteiger partial charge in [-0.05, 0) is 50.1 Å². The highest BCUT2D eigenvalue weighted by molar-refractivity contribution is 5.35. The van der Waals surface area contributed by atoms with Crippen LogP contribution in [0, 0.1) is 0 Å². The standard InChI is InChI=1S/C24H34N2O3/c1-25-15-17-26(18-16-25)14-5-19-29-21-11-8-20(9-12-21)10-13-23(27)22-6-3-4-7-24(22)28-2/h3-4,6-9,11-12,23,27H,5,10,13-19H2,1-2H3. The molecule has 1 heterocycles. The predicted octanol–water partition coefficient (Wildman–Crippen LogP) is 3.38. The van der Waals surface area contributed by atoms with E-state index in [0.717, 1.165) is 69.2 Å². The van der Waals surface area contributed by atoms with Gasteiger partial charge < -0.3 is 24.4 Å². The van der Waals surface area contributed by atoms with Crippen LogP contribution in [0.1, 0.15) is 30.1 Å². The Bertz CT molecular complexity index is 727. The van der Waals surface area contributed by atoms with Gasteiger partial charge in [0.05, 0.1) is 19.8 Å². The first kappa shape index (κ1) is 21.6. The van der Waals surface area contributed by atoms with E-state index in [1.54, 1.807) is 7.11 Å². The average Bonchev–Trinajstić information content (AvgIpc) is 2.77. The number of methoxy groups -OCH3 is 1. The number of likely N-dealkylation sites (N-methyl/N-ethyl adjacent to an activating group) is 1. The summed E-state index contributed by atoms with van der Waals surface area (Å²) in [7, 11) is 3.82. The molecule has 1 fully saturated rings. The minimum absolute atomic E-state index is 0.531. The van der Waals surface area contributed by atoms with Crippen LogP contribution >= 0.6 is 0 Å². The molecule has 0 aliphatic carbocycles. The van der Waals surface area contributed by atoms with Gasteiger partial charge in [0, 0.05) is 38.3 Å². The van der Waals surface area contributed by atoms with Crippen molar-refractivity contribution >= 4 is 0 Å². The molecule has 1 unspecified atom stereocenters. The molecular formula is C24H34N2O3. The van der Waals surface area contributed by atoms with E-state index in [0.29, 0.717) is 6.42 Å². The first-order valence-corrected chi connectivity index (χ1v) is 10.6. The zero-order chi connectivity index (χ0) is 20.5. The molecular weight excluding hydrogens is 364 g/mol. The molecule has 0 bridgehead atoms. The lowest BCUT2D eigenvalue weighted by Gasteiger charge is -2.32. The predicted molar refractivity (Wildman–Crippen MR) is 117 cm³/mol. The molecule has 5 nitrogen and oxygen atoms in total. The Labute approximate surface area is 174 Å². The summed E-state index contributed by atoms with van der Waals surface area (Å²) in [6.07, 6.45) is 1.99. The number of hydrogen-bond donors (Lipinski definition) is 1. The number of benzene rings is 2. The van der Waals surface area contributed by atoms with Crippen LogP contribution in [0.25, 0.3) is 0 Å². The van der Waals surface area contributed by atoms with Crippen molar-refractivity contribution < 1.29 is 14.6 Å². The highest BCUT2D eigenvalue weighted by Crippen LogP contribution is 2.28. The zero-order valence-electron chi connectivity index (χ0n) is 17.7. The van der Waals surface area contributed by atoms with Gasteiger partial charge in [0.15, 0.2) is 0 Å². The van der Waals surface area contributed by atoms with Crippen molar-refractivity contribution in [2.75, 3.05) is 53.5 Å². The SMILES string of the molecule is COc1ccccc1C(O)CCc1ccc(OCCCN2CCN(C)CC2)cc1. The summed E-state index contributed by atoms with van der Waals surface area (Å²) >= 11 is 0. The molecule has 1 N–H and O–H groups in total. The molecule has 0 saturated carbocycles. The van der Waals surface area contributed by atoms with Gasteiger partial charge in [0.1, 0.15) is 11.5 Å². The molecule has 1 atom stereocenters. The second-order valence-corrected chi connectivity index (χ2v) is 7.79. The van der Waals surface area contributed by atoms with Crippen LogP contribution in [-0.2, 0) is 6.42 Å². The lowest BCUT2D eigenvalue weighted by molar-refractivity contribution is 0.145. The molecule has 1 aliphatic rings. The van der Waals surface area contributed by atoms with Crippen molar-refractivity contribution in [1.82, 2.24) is 9.80 Å². The van der Waals surface area contributed by atoms with E-state index in [1.165, 1.54) is 5.56 Å². The van der Waals surface area contributed by atoms with E-state index in [1.807, 2.05) is 36.4 Å². The topological polar surface area (TPSA) is 45.2 Å². The Kier molecular flexibility index (Phi) is 8.35. The first-order valence-electron chi connectivity index (χ1n) is 10.6. The van der Waals surface area contributed by atoms with Crippen molar-refractivity contribution in [2.45, 2.75) is 25.4 Å². The van der Waals surface area contributed by atoms with Crippen molar-refractivity contribution in [3.8, 4) is 11.5 Å². The third-order valence-electron chi connectivity index (χ3n) is 5.61. The van der Waals surface area contributed by atoms with Gasteiger partial charge in [0.25, 0.3) is 0 Å². The quantitative estimate of drug-likeness (QED) is 0.622. The number of nitrogens with zero attached hydrogens (tertiary/aromatic N) is 2. The monoisotopic (exact) mass is 398 g/mol. The van der Waals surface area contributed by atoms with Crippen molar-refractivity contribution in [3.05, 3.63) is 59.7 Å². The fourth-order valence-electron chi connectivity index (χ4n) is 3.70. The number of piperazine rings is 1. The maximum Gasteiger partial charge on any atom is 0.124 e. The molecule has 0 amide bonds. The first-order chi connectivity index (χ1) is 14.2. The third-order valence-corrected chi connectivity index (χ3v) is 5.61. The number of hydrogen-bond acceptors (Lipinski definition) is 5. The van der Waals surface area contributed by atoms with Crippen LogP contribution in [0.4, 0.5) is 0 Å². The number of ether oxygens (including phenoxy) is 2. The Morgan fingerprint density at radius 2 is 1.72 bits per heavy atom. The molecule has 29 heavy (non-hydrogen) atoms. The number of aryl methyl sites for hydroxylation is 1. The highest BCUT2D eigenvalue weighted by atomic mass is 16.5. The summed E-state index contributed by atoms with van der Waals surface area (Å²) in [4.78, 5) is 4.89. The van der Waals surface area contributed by atoms with Gasteiger partial charge >= 0.3 is 0 Å². The van der Waals surface area contributed by atoms with Gasteiger partial charge in [-0.25, -0.2) is 0 Å². The van der Waals surface area contributed by atoms with Crippen LogP contribution in [0.2, 0.25) is 0 Å². The third kappa shape index (κ3) is 6.74. The average molecular weight is 399 g/mol. The Morgan fingerprint density at radius 1 is 1.00 bits per heavy atom. The molecule has 3 rings (SSSR count). The minimum atomic E-state index is -0.531. The van der Waals surface area contributed by atoms with Crippen LogP contribution in [0.5, 0.6) is 11.5 Å². The van der Waals surface area contributed by atoms with Crippen molar-refractivity contribution in [3.63, 3.8) is 0 Å². The minimum Gasteiger partial charge on any atom is -0.496 e. The summed E-state index contributed by atoms with van der Waals surface area (Å²) in [6, 6.07) is 15.9. The molecule has 2 aromatic rings. The van der Waals surface area contributed by atoms with E-state index in [9.17, 15) is 5.11 Å². The van der Waals surface area contributed by atoms with Crippen molar-refractivity contribution in [2.24, 2.45) is 0 Å². The summed E-state index contributed by atoms with van der Waals surface area (Å²) in [6.45, 7) is 6.49. The lowest BCUT2D eigenvalue weighted by atomic mass is 10.0. The molecule has 5 heteroatoms. The number of para-hydroxylation sites is 1. The maximum absolute atomic E-state index is 10.5. The molecule has 158 valence electrons. The van der Waals surface area contributed by atoms with Crippen LogP contribution in [-0.4, -0.2) is 68.4 Å². The fraction of sp³-hybridized carbons (Fsp3) is 0.500. The summed E-state index contributed by atoms with van der Waals surface area (Å²) in [5.74, 6) is 1.65. The van der Waals surface area contributed by atoms with E-state index in [4.69, 9.17) is 9.47 Å². The summed E-state index contributed by atoms with van der Waals surface area (Å²) in [5, 5.41) is 10.5. The lowest BCUT2D eigenvalue weighted by Crippen LogP contribution is -2.44. The molecule has 1 saturated heterocycles. The largest absolute Gasteiger partial charge is 0.496 e. The Hall–Kier alpha value is -2.08. The normalized spacial score (nSPS) is 16.5. The number of aliphatic hydroxyl groups is 1. The number of rotatable bonds is 10. The van der Waals surface area contributed by atoms with E-state index < -0.39 is 6.10 Å². The summed E-state index contributed by atoms with van der Waals surface area (Å²) in [5.41, 5.74) is 2.04. The zero-order valence-corrected chi connectivity index (χ0v) is 17.7. The Morgan fingerprint density at radius 3 is 2.45 bits per heavy atom. The Balaban J connectivity index is 1.37. The molecule has 1 aliphatic heterocycles. The van der Waals surface area contributed by atoms with Gasteiger partial charge in [-0.1, -0.05) is 30.3 Å². The van der Waals surface area contributed by atoms with Gasteiger partial charge in [-0.3, -0.25) is 0 Å². The molecule has 2 aromatic carbocycles. The van der Waals surface area contributed by atoms with Gasteiger partial charge in [0.2, 0.25) is 0 Å². The molecule has 0 spiro atoms.